The van der Waals surface area contributed by atoms with Gasteiger partial charge in [0.05, 0.1) is 32.2 Å². The summed E-state index contributed by atoms with van der Waals surface area (Å²) in [6, 6.07) is 7.15. The van der Waals surface area contributed by atoms with Crippen LogP contribution in [-0.2, 0) is 14.8 Å². The molecule has 13 heteroatoms. The summed E-state index contributed by atoms with van der Waals surface area (Å²) < 4.78 is 90.1. The maximum absolute atomic E-state index is 13.3. The first-order chi connectivity index (χ1) is 15.3. The number of hydrogen-bond donors (Lipinski definition) is 1. The van der Waals surface area contributed by atoms with Gasteiger partial charge in [-0.25, -0.2) is 17.6 Å². The lowest BCUT2D eigenvalue weighted by atomic mass is 10.0. The van der Waals surface area contributed by atoms with Gasteiger partial charge in [0.2, 0.25) is 10.0 Å². The first kappa shape index (κ1) is 24.3. The summed E-state index contributed by atoms with van der Waals surface area (Å²) >= 11 is 0. The average Bonchev–Trinajstić information content (AvgIpc) is 3.07. The van der Waals surface area contributed by atoms with E-state index >= 15 is 0 Å². The number of hydrogen-bond acceptors (Lipinski definition) is 6. The first-order valence-corrected chi connectivity index (χ1v) is 11.0. The monoisotopic (exact) mass is 491 g/mol. The molecule has 3 rings (SSSR count). The maximum Gasteiger partial charge on any atom is 0.522 e. The molecule has 2 aromatic carbocycles. The van der Waals surface area contributed by atoms with Gasteiger partial charge in [0.1, 0.15) is 28.5 Å². The van der Waals surface area contributed by atoms with Gasteiger partial charge >= 0.3 is 12.3 Å². The molecular formula is C20H17F4NO7S. The van der Waals surface area contributed by atoms with Crippen LogP contribution in [-0.4, -0.2) is 52.4 Å². The van der Waals surface area contributed by atoms with Crippen molar-refractivity contribution in [1.29, 1.82) is 0 Å². The zero-order chi connectivity index (χ0) is 24.6. The number of nitrogens with zero attached hydrogens (tertiary/aromatic N) is 1. The number of carbonyl (C=O) groups is 1. The van der Waals surface area contributed by atoms with Gasteiger partial charge in [-0.3, -0.25) is 9.04 Å². The summed E-state index contributed by atoms with van der Waals surface area (Å²) in [5, 5.41) is 9.77. The molecule has 0 amide bonds. The minimum absolute atomic E-state index is 0.0439. The highest BCUT2D eigenvalue weighted by Gasteiger charge is 2.31. The van der Waals surface area contributed by atoms with E-state index in [2.05, 4.69) is 4.74 Å². The van der Waals surface area contributed by atoms with Crippen LogP contribution in [0.2, 0.25) is 0 Å². The summed E-state index contributed by atoms with van der Waals surface area (Å²) in [5.41, 5.74) is -0.306. The van der Waals surface area contributed by atoms with Crippen LogP contribution in [0.3, 0.4) is 0 Å². The molecule has 3 aromatic rings. The molecule has 8 nitrogen and oxygen atoms in total. The quantitative estimate of drug-likeness (QED) is 0.470. The van der Waals surface area contributed by atoms with Crippen LogP contribution in [0.15, 0.2) is 40.8 Å². The summed E-state index contributed by atoms with van der Waals surface area (Å²) in [7, 11) is -2.93. The molecule has 178 valence electrons. The molecule has 33 heavy (non-hydrogen) atoms. The molecule has 0 saturated heterocycles. The number of anilines is 1. The summed E-state index contributed by atoms with van der Waals surface area (Å²) in [6.45, 7) is -1.71. The highest BCUT2D eigenvalue weighted by molar-refractivity contribution is 7.92. The molecule has 0 spiro atoms. The van der Waals surface area contributed by atoms with Crippen LogP contribution in [0.25, 0.3) is 22.3 Å². The number of carboxylic acids is 1. The highest BCUT2D eigenvalue weighted by Crippen LogP contribution is 2.41. The Labute approximate surface area is 185 Å². The molecule has 0 fully saturated rings. The van der Waals surface area contributed by atoms with Crippen LogP contribution in [0.1, 0.15) is 10.4 Å². The van der Waals surface area contributed by atoms with Crippen molar-refractivity contribution in [1.82, 2.24) is 0 Å². The molecule has 0 saturated carbocycles. The molecule has 1 N–H and O–H groups in total. The van der Waals surface area contributed by atoms with Crippen LogP contribution in [0.5, 0.6) is 5.75 Å². The Balaban J connectivity index is 2.18. The molecule has 0 radical (unpaired) electrons. The third-order valence-corrected chi connectivity index (χ3v) is 5.72. The van der Waals surface area contributed by atoms with Crippen LogP contribution < -0.4 is 9.04 Å². The SMILES string of the molecule is COc1cc2c(C(=O)O)c(-c3ccc(F)cc3)oc2cc1N(CCOC(F)(F)F)S(C)(=O)=O. The number of halogens is 4. The van der Waals surface area contributed by atoms with Crippen LogP contribution in [0.4, 0.5) is 23.2 Å². The van der Waals surface area contributed by atoms with E-state index in [1.54, 1.807) is 0 Å². The Hall–Kier alpha value is -3.32. The number of rotatable bonds is 8. The fourth-order valence-electron chi connectivity index (χ4n) is 3.20. The molecule has 1 heterocycles. The fourth-order valence-corrected chi connectivity index (χ4v) is 4.10. The van der Waals surface area contributed by atoms with Crippen molar-refractivity contribution >= 4 is 32.6 Å². The maximum atomic E-state index is 13.3. The summed E-state index contributed by atoms with van der Waals surface area (Å²) in [6.07, 6.45) is -4.18. The molecule has 0 bridgehead atoms. The van der Waals surface area contributed by atoms with Gasteiger partial charge in [-0.05, 0) is 30.3 Å². The lowest BCUT2D eigenvalue weighted by molar-refractivity contribution is -0.323. The molecule has 0 unspecified atom stereocenters. The third kappa shape index (κ3) is 5.37. The zero-order valence-corrected chi connectivity index (χ0v) is 18.0. The standard InChI is InChI=1S/C20H17F4NO7S/c1-30-16-9-13-15(10-14(16)25(33(2,28)29)7-8-31-20(22,23)24)32-18(17(13)19(26)27)11-3-5-12(21)6-4-11/h3-6,9-10H,7-8H2,1-2H3,(H,26,27). The molecule has 0 aliphatic carbocycles. The number of aromatic carboxylic acids is 1. The van der Waals surface area contributed by atoms with Crippen molar-refractivity contribution in [2.24, 2.45) is 0 Å². The van der Waals surface area contributed by atoms with E-state index in [1.807, 2.05) is 0 Å². The van der Waals surface area contributed by atoms with Crippen LogP contribution >= 0.6 is 0 Å². The second-order valence-electron chi connectivity index (χ2n) is 6.77. The van der Waals surface area contributed by atoms with Gasteiger partial charge in [0, 0.05) is 17.0 Å². The van der Waals surface area contributed by atoms with E-state index in [0.29, 0.717) is 4.31 Å². The van der Waals surface area contributed by atoms with Crippen molar-refractivity contribution in [3.8, 4) is 17.1 Å². The molecule has 0 atom stereocenters. The van der Waals surface area contributed by atoms with E-state index < -0.39 is 41.3 Å². The number of furan rings is 1. The first-order valence-electron chi connectivity index (χ1n) is 9.14. The van der Waals surface area contributed by atoms with Crippen LogP contribution in [0, 0.1) is 5.82 Å². The normalized spacial score (nSPS) is 12.2. The largest absolute Gasteiger partial charge is 0.522 e. The number of ether oxygens (including phenoxy) is 2. The number of carboxylic acid groups (broad SMARTS) is 1. The number of benzene rings is 2. The van der Waals surface area contributed by atoms with E-state index in [-0.39, 0.29) is 39.3 Å². The predicted octanol–water partition coefficient (Wildman–Crippen LogP) is 4.25. The van der Waals surface area contributed by atoms with Gasteiger partial charge < -0.3 is 14.3 Å². The van der Waals surface area contributed by atoms with E-state index in [1.165, 1.54) is 25.3 Å². The second-order valence-corrected chi connectivity index (χ2v) is 8.67. The number of methoxy groups -OCH3 is 1. The predicted molar refractivity (Wildman–Crippen MR) is 109 cm³/mol. The van der Waals surface area contributed by atoms with E-state index in [4.69, 9.17) is 9.15 Å². The Morgan fingerprint density at radius 1 is 1.18 bits per heavy atom. The lowest BCUT2D eigenvalue weighted by Crippen LogP contribution is -2.34. The van der Waals surface area contributed by atoms with Gasteiger partial charge in [0.25, 0.3) is 0 Å². The number of alkyl halides is 3. The van der Waals surface area contributed by atoms with Crippen molar-refractivity contribution in [2.75, 3.05) is 30.8 Å². The van der Waals surface area contributed by atoms with Crippen molar-refractivity contribution in [3.63, 3.8) is 0 Å². The second kappa shape index (κ2) is 8.90. The van der Waals surface area contributed by atoms with E-state index in [0.717, 1.165) is 24.5 Å². The Morgan fingerprint density at radius 3 is 2.33 bits per heavy atom. The molecule has 1 aromatic heterocycles. The minimum Gasteiger partial charge on any atom is -0.495 e. The van der Waals surface area contributed by atoms with E-state index in [9.17, 15) is 35.9 Å². The number of sulfonamides is 1. The molecule has 0 aliphatic rings. The van der Waals surface area contributed by atoms with Crippen molar-refractivity contribution in [2.45, 2.75) is 6.36 Å². The molecule has 0 aliphatic heterocycles. The van der Waals surface area contributed by atoms with Crippen molar-refractivity contribution < 1.29 is 49.8 Å². The van der Waals surface area contributed by atoms with Gasteiger partial charge in [0.15, 0.2) is 0 Å². The van der Waals surface area contributed by atoms with Gasteiger partial charge in [-0.2, -0.15) is 0 Å². The fraction of sp³-hybridized carbons (Fsp3) is 0.250. The Bertz CT molecular complexity index is 1280. The minimum atomic E-state index is -4.96. The number of fused-ring (bicyclic) bond motifs is 1. The highest BCUT2D eigenvalue weighted by atomic mass is 32.2. The van der Waals surface area contributed by atoms with Gasteiger partial charge in [-0.1, -0.05) is 0 Å². The Kier molecular flexibility index (Phi) is 6.56. The van der Waals surface area contributed by atoms with Gasteiger partial charge in [-0.15, -0.1) is 13.2 Å². The Morgan fingerprint density at radius 2 is 1.82 bits per heavy atom. The smallest absolute Gasteiger partial charge is 0.495 e. The average molecular weight is 491 g/mol. The third-order valence-electron chi connectivity index (χ3n) is 4.54. The summed E-state index contributed by atoms with van der Waals surface area (Å²) in [4.78, 5) is 11.9. The lowest BCUT2D eigenvalue weighted by Gasteiger charge is -2.24. The zero-order valence-electron chi connectivity index (χ0n) is 17.1. The topological polar surface area (TPSA) is 106 Å². The molecular weight excluding hydrogens is 474 g/mol. The summed E-state index contributed by atoms with van der Waals surface area (Å²) in [5.74, 6) is -2.18. The van der Waals surface area contributed by atoms with Crippen molar-refractivity contribution in [3.05, 3.63) is 47.8 Å².